The molecule has 0 saturated carbocycles. The molecule has 0 amide bonds. The molecule has 2 nitrogen and oxygen atoms in total. The largest absolute Gasteiger partial charge is 0.469 e. The Bertz CT molecular complexity index is 643. The fourth-order valence-corrected chi connectivity index (χ4v) is 7.06. The van der Waals surface area contributed by atoms with Crippen LogP contribution in [0.15, 0.2) is 65.6 Å². The number of hydrogen-bond donors (Lipinski definition) is 0. The van der Waals surface area contributed by atoms with E-state index < -0.39 is 8.07 Å². The highest BCUT2D eigenvalue weighted by molar-refractivity contribution is 7.99. The SMILES string of the molecule is COC(=O)[C@H](CSc1ccccc1)[C@H](C)[Si](C)(C)c1ccccc1. The molecule has 0 fully saturated rings. The summed E-state index contributed by atoms with van der Waals surface area (Å²) >= 11 is 1.73. The first-order valence-corrected chi connectivity index (χ1v) is 12.3. The lowest BCUT2D eigenvalue weighted by atomic mass is 10.1. The number of methoxy groups -OCH3 is 1. The lowest BCUT2D eigenvalue weighted by molar-refractivity contribution is -0.144. The number of hydrogen-bond acceptors (Lipinski definition) is 3. The monoisotopic (exact) mass is 358 g/mol. The quantitative estimate of drug-likeness (QED) is 0.412. The van der Waals surface area contributed by atoms with Crippen molar-refractivity contribution < 1.29 is 9.53 Å². The second-order valence-corrected chi connectivity index (χ2v) is 12.7. The number of thioether (sulfide) groups is 1. The summed E-state index contributed by atoms with van der Waals surface area (Å²) in [6, 6.07) is 20.8. The molecule has 0 bridgehead atoms. The van der Waals surface area contributed by atoms with Gasteiger partial charge in [-0.1, -0.05) is 73.7 Å². The van der Waals surface area contributed by atoms with E-state index in [1.54, 1.807) is 11.8 Å². The third kappa shape index (κ3) is 4.52. The van der Waals surface area contributed by atoms with E-state index in [1.807, 2.05) is 24.3 Å². The zero-order chi connectivity index (χ0) is 17.6. The van der Waals surface area contributed by atoms with E-state index in [4.69, 9.17) is 4.74 Å². The fraction of sp³-hybridized carbons (Fsp3) is 0.350. The lowest BCUT2D eigenvalue weighted by Crippen LogP contribution is -2.49. The van der Waals surface area contributed by atoms with E-state index in [0.717, 1.165) is 5.75 Å². The van der Waals surface area contributed by atoms with Gasteiger partial charge in [-0.15, -0.1) is 11.8 Å². The summed E-state index contributed by atoms with van der Waals surface area (Å²) in [5, 5.41) is 1.39. The van der Waals surface area contributed by atoms with Gasteiger partial charge < -0.3 is 4.74 Å². The third-order valence-corrected chi connectivity index (χ3v) is 10.6. The van der Waals surface area contributed by atoms with Crippen molar-refractivity contribution >= 4 is 31.0 Å². The van der Waals surface area contributed by atoms with Crippen LogP contribution < -0.4 is 5.19 Å². The van der Waals surface area contributed by atoms with E-state index in [-0.39, 0.29) is 11.9 Å². The predicted octanol–water partition coefficient (Wildman–Crippen LogP) is 4.57. The van der Waals surface area contributed by atoms with Crippen LogP contribution >= 0.6 is 11.8 Å². The highest BCUT2D eigenvalue weighted by Gasteiger charge is 2.39. The molecule has 0 aliphatic rings. The van der Waals surface area contributed by atoms with Gasteiger partial charge in [-0.25, -0.2) is 0 Å². The molecule has 2 rings (SSSR count). The summed E-state index contributed by atoms with van der Waals surface area (Å²) in [5.74, 6) is 0.561. The van der Waals surface area contributed by atoms with E-state index >= 15 is 0 Å². The summed E-state index contributed by atoms with van der Waals surface area (Å²) in [4.78, 5) is 13.6. The molecule has 0 heterocycles. The van der Waals surface area contributed by atoms with Gasteiger partial charge in [0.25, 0.3) is 0 Å². The van der Waals surface area contributed by atoms with E-state index in [0.29, 0.717) is 5.54 Å². The minimum absolute atomic E-state index is 0.0950. The van der Waals surface area contributed by atoms with E-state index in [2.05, 4.69) is 56.4 Å². The summed E-state index contributed by atoms with van der Waals surface area (Å²) in [5.41, 5.74) is 0.295. The Balaban J connectivity index is 2.18. The Hall–Kier alpha value is -1.52. The lowest BCUT2D eigenvalue weighted by Gasteiger charge is -2.34. The van der Waals surface area contributed by atoms with Crippen molar-refractivity contribution in [3.63, 3.8) is 0 Å². The van der Waals surface area contributed by atoms with Crippen molar-refractivity contribution in [2.45, 2.75) is 30.5 Å². The topological polar surface area (TPSA) is 26.3 Å². The van der Waals surface area contributed by atoms with Crippen molar-refractivity contribution in [1.29, 1.82) is 0 Å². The Morgan fingerprint density at radius 1 is 1.04 bits per heavy atom. The van der Waals surface area contributed by atoms with Crippen LogP contribution in [0.25, 0.3) is 0 Å². The van der Waals surface area contributed by atoms with Crippen LogP contribution in [-0.4, -0.2) is 26.9 Å². The maximum Gasteiger partial charge on any atom is 0.309 e. The van der Waals surface area contributed by atoms with Gasteiger partial charge in [0.1, 0.15) is 0 Å². The van der Waals surface area contributed by atoms with Crippen molar-refractivity contribution in [3.05, 3.63) is 60.7 Å². The zero-order valence-corrected chi connectivity index (χ0v) is 16.7. The van der Waals surface area contributed by atoms with Crippen LogP contribution in [0.5, 0.6) is 0 Å². The normalized spacial score (nSPS) is 14.0. The van der Waals surface area contributed by atoms with Gasteiger partial charge in [0.15, 0.2) is 0 Å². The summed E-state index contributed by atoms with van der Waals surface area (Å²) in [6.45, 7) is 6.90. The van der Waals surface area contributed by atoms with Crippen molar-refractivity contribution in [2.75, 3.05) is 12.9 Å². The first-order valence-electron chi connectivity index (χ1n) is 8.28. The second-order valence-electron chi connectivity index (χ2n) is 6.63. The molecule has 4 heteroatoms. The Labute approximate surface area is 150 Å². The molecule has 24 heavy (non-hydrogen) atoms. The van der Waals surface area contributed by atoms with Crippen LogP contribution in [-0.2, 0) is 9.53 Å². The average molecular weight is 359 g/mol. The Kier molecular flexibility index (Phi) is 6.69. The standard InChI is InChI=1S/C20H26O2SSi/c1-16(24(3,4)18-13-9-6-10-14-18)19(20(21)22-2)15-23-17-11-7-5-8-12-17/h5-14,16,19H,15H2,1-4H3/t16-,19+/m0/s1. The van der Waals surface area contributed by atoms with Gasteiger partial charge in [-0.05, 0) is 17.7 Å². The van der Waals surface area contributed by atoms with Crippen molar-refractivity contribution in [1.82, 2.24) is 0 Å². The molecule has 0 aromatic heterocycles. The maximum atomic E-state index is 12.4. The van der Waals surface area contributed by atoms with Crippen LogP contribution in [0.1, 0.15) is 6.92 Å². The Morgan fingerprint density at radius 2 is 1.58 bits per heavy atom. The number of rotatable bonds is 7. The predicted molar refractivity (Wildman–Crippen MR) is 106 cm³/mol. The molecule has 0 saturated heterocycles. The number of carbonyl (C=O) groups excluding carboxylic acids is 1. The highest BCUT2D eigenvalue weighted by Crippen LogP contribution is 2.34. The van der Waals surface area contributed by atoms with Gasteiger partial charge >= 0.3 is 5.97 Å². The molecular weight excluding hydrogens is 332 g/mol. The third-order valence-electron chi connectivity index (χ3n) is 4.94. The number of esters is 1. The fourth-order valence-electron chi connectivity index (χ4n) is 2.90. The first-order chi connectivity index (χ1) is 11.5. The molecule has 0 N–H and O–H groups in total. The summed E-state index contributed by atoms with van der Waals surface area (Å²) < 4.78 is 5.12. The first kappa shape index (κ1) is 18.8. The van der Waals surface area contributed by atoms with E-state index in [9.17, 15) is 4.79 Å². The molecule has 0 aliphatic carbocycles. The van der Waals surface area contributed by atoms with Crippen LogP contribution in [0.2, 0.25) is 18.6 Å². The molecule has 0 unspecified atom stereocenters. The summed E-state index contributed by atoms with van der Waals surface area (Å²) in [7, 11) is -0.285. The minimum atomic E-state index is -1.78. The highest BCUT2D eigenvalue weighted by atomic mass is 32.2. The van der Waals surface area contributed by atoms with Crippen LogP contribution in [0.3, 0.4) is 0 Å². The van der Waals surface area contributed by atoms with Crippen molar-refractivity contribution in [2.24, 2.45) is 5.92 Å². The molecular formula is C20H26O2SSi. The minimum Gasteiger partial charge on any atom is -0.469 e. The summed E-state index contributed by atoms with van der Waals surface area (Å²) in [6.07, 6.45) is 0. The van der Waals surface area contributed by atoms with Crippen molar-refractivity contribution in [3.8, 4) is 0 Å². The molecule has 0 radical (unpaired) electrons. The van der Waals surface area contributed by atoms with Crippen LogP contribution in [0.4, 0.5) is 0 Å². The van der Waals surface area contributed by atoms with Gasteiger partial charge in [-0.3, -0.25) is 4.79 Å². The second kappa shape index (κ2) is 8.54. The number of benzene rings is 2. The van der Waals surface area contributed by atoms with Gasteiger partial charge in [0.05, 0.1) is 21.1 Å². The molecule has 2 aromatic carbocycles. The number of carbonyl (C=O) groups is 1. The molecule has 2 atom stereocenters. The van der Waals surface area contributed by atoms with Crippen LogP contribution in [0, 0.1) is 5.92 Å². The Morgan fingerprint density at radius 3 is 2.12 bits per heavy atom. The molecule has 2 aromatic rings. The molecule has 0 spiro atoms. The zero-order valence-electron chi connectivity index (χ0n) is 14.9. The van der Waals surface area contributed by atoms with Gasteiger partial charge in [-0.2, -0.15) is 0 Å². The molecule has 128 valence electrons. The van der Waals surface area contributed by atoms with Gasteiger partial charge in [0.2, 0.25) is 0 Å². The average Bonchev–Trinajstić information content (AvgIpc) is 2.63. The van der Waals surface area contributed by atoms with E-state index in [1.165, 1.54) is 17.2 Å². The number of ether oxygens (including phenoxy) is 1. The maximum absolute atomic E-state index is 12.4. The molecule has 0 aliphatic heterocycles. The smallest absolute Gasteiger partial charge is 0.309 e. The van der Waals surface area contributed by atoms with Gasteiger partial charge in [0, 0.05) is 10.6 Å².